The molecule has 1 aliphatic rings. The minimum Gasteiger partial charge on any atom is -0.493 e. The third kappa shape index (κ3) is 7.09. The molecule has 0 amide bonds. The maximum atomic E-state index is 14.8. The van der Waals surface area contributed by atoms with Crippen molar-refractivity contribution in [2.24, 2.45) is 0 Å². The first-order valence-electron chi connectivity index (χ1n) is 12.7. The number of benzene rings is 2. The zero-order valence-electron chi connectivity index (χ0n) is 22.0. The van der Waals surface area contributed by atoms with Gasteiger partial charge in [-0.2, -0.15) is 4.98 Å². The Morgan fingerprint density at radius 1 is 1.14 bits per heavy atom. The Bertz CT molecular complexity index is 1120. The number of hydroxylamine groups is 1. The molecule has 2 aromatic carbocycles. The number of anilines is 3. The Hall–Kier alpha value is -2.94. The van der Waals surface area contributed by atoms with Gasteiger partial charge in [0, 0.05) is 18.7 Å². The summed E-state index contributed by atoms with van der Waals surface area (Å²) in [5, 5.41) is 4.78. The molecule has 4 rings (SSSR count). The van der Waals surface area contributed by atoms with Crippen LogP contribution in [0.25, 0.3) is 0 Å². The average Bonchev–Trinajstić information content (AvgIpc) is 3.37. The van der Waals surface area contributed by atoms with Gasteiger partial charge in [0.15, 0.2) is 11.6 Å². The summed E-state index contributed by atoms with van der Waals surface area (Å²) in [5.74, 6) is 0.807. The minimum absolute atomic E-state index is 0. The maximum absolute atomic E-state index is 14.8. The molecule has 1 N–H and O–H groups in total. The van der Waals surface area contributed by atoms with Gasteiger partial charge in [0.05, 0.1) is 25.5 Å². The van der Waals surface area contributed by atoms with Gasteiger partial charge in [0.25, 0.3) is 0 Å². The molecule has 0 saturated carbocycles. The van der Waals surface area contributed by atoms with E-state index in [9.17, 15) is 4.39 Å². The van der Waals surface area contributed by atoms with Crippen molar-refractivity contribution in [1.29, 1.82) is 0 Å². The number of aromatic nitrogens is 2. The smallest absolute Gasteiger partial charge is 0.229 e. The highest BCUT2D eigenvalue weighted by Gasteiger charge is 2.31. The number of nitrogens with one attached hydrogen (secondary N) is 1. The normalized spacial score (nSPS) is 15.1. The molecule has 2 heterocycles. The molecule has 9 heteroatoms. The Morgan fingerprint density at radius 3 is 2.51 bits per heavy atom. The van der Waals surface area contributed by atoms with Gasteiger partial charge in [-0.25, -0.2) is 14.4 Å². The quantitative estimate of drug-likeness (QED) is 0.289. The van der Waals surface area contributed by atoms with Crippen LogP contribution in [-0.4, -0.2) is 47.7 Å². The molecule has 1 saturated heterocycles. The summed E-state index contributed by atoms with van der Waals surface area (Å²) < 4.78 is 20.9. The van der Waals surface area contributed by atoms with Crippen LogP contribution in [0.1, 0.15) is 49.4 Å². The highest BCUT2D eigenvalue weighted by atomic mass is 35.5. The van der Waals surface area contributed by atoms with Gasteiger partial charge in [0.1, 0.15) is 5.75 Å². The molecule has 0 unspecified atom stereocenters. The molecule has 0 aliphatic carbocycles. The summed E-state index contributed by atoms with van der Waals surface area (Å²) in [6.07, 6.45) is 2.92. The number of aryl methyl sites for hydroxylation is 2. The van der Waals surface area contributed by atoms with E-state index >= 15 is 0 Å². The first-order valence-corrected chi connectivity index (χ1v) is 12.7. The monoisotopic (exact) mass is 529 g/mol. The average molecular weight is 530 g/mol. The number of nitrogens with zero attached hydrogens (tertiary/aromatic N) is 4. The second-order valence-corrected chi connectivity index (χ2v) is 9.03. The van der Waals surface area contributed by atoms with Crippen LogP contribution in [0.15, 0.2) is 48.7 Å². The van der Waals surface area contributed by atoms with Gasteiger partial charge in [0.2, 0.25) is 5.95 Å². The van der Waals surface area contributed by atoms with Gasteiger partial charge in [-0.1, -0.05) is 44.2 Å². The summed E-state index contributed by atoms with van der Waals surface area (Å²) in [7, 11) is 0. The molecule has 0 spiro atoms. The van der Waals surface area contributed by atoms with Gasteiger partial charge in [-0.3, -0.25) is 4.84 Å². The Morgan fingerprint density at radius 2 is 1.84 bits per heavy atom. The number of hydrogen-bond donors (Lipinski definition) is 1. The number of ether oxygens (including phenoxy) is 1. The van der Waals surface area contributed by atoms with Crippen molar-refractivity contribution in [3.8, 4) is 5.75 Å². The maximum Gasteiger partial charge on any atom is 0.229 e. The predicted molar refractivity (Wildman–Crippen MR) is 149 cm³/mol. The largest absolute Gasteiger partial charge is 0.493 e. The van der Waals surface area contributed by atoms with Crippen molar-refractivity contribution in [2.75, 3.05) is 43.2 Å². The van der Waals surface area contributed by atoms with E-state index in [2.05, 4.69) is 34.0 Å². The Kier molecular flexibility index (Phi) is 10.5. The number of halogens is 2. The fourth-order valence-corrected chi connectivity index (χ4v) is 4.61. The Balaban J connectivity index is 0.00000380. The topological polar surface area (TPSA) is 62.8 Å². The highest BCUT2D eigenvalue weighted by Crippen LogP contribution is 2.36. The van der Waals surface area contributed by atoms with E-state index in [-0.39, 0.29) is 24.3 Å². The van der Waals surface area contributed by atoms with Gasteiger partial charge in [-0.05, 0) is 62.2 Å². The molecule has 0 radical (unpaired) electrons. The first-order chi connectivity index (χ1) is 17.5. The molecule has 1 fully saturated rings. The van der Waals surface area contributed by atoms with Gasteiger partial charge >= 0.3 is 0 Å². The van der Waals surface area contributed by atoms with E-state index in [4.69, 9.17) is 9.57 Å². The standard InChI is InChI=1S/C28H36FN5O2.ClH/c1-5-33(6-2)14-10-15-35-26-20(3)17-23(18-21(26)4)31-28-30-19-24(29)27(32-28)34-25(13-16-36-34)22-11-8-7-9-12-22;/h7-9,11-12,17-19,25H,5-6,10,13-16H2,1-4H3,(H,30,31,32);1H/t25-;/m0./s1. The first kappa shape index (κ1) is 28.6. The molecule has 3 aromatic rings. The van der Waals surface area contributed by atoms with Crippen molar-refractivity contribution >= 4 is 29.9 Å². The molecule has 1 aliphatic heterocycles. The zero-order valence-corrected chi connectivity index (χ0v) is 22.9. The molecule has 0 bridgehead atoms. The molecule has 1 atom stereocenters. The second-order valence-electron chi connectivity index (χ2n) is 9.03. The lowest BCUT2D eigenvalue weighted by molar-refractivity contribution is 0.154. The van der Waals surface area contributed by atoms with Crippen molar-refractivity contribution in [3.05, 3.63) is 71.2 Å². The molecular formula is C28H37ClFN5O2. The third-order valence-corrected chi connectivity index (χ3v) is 6.50. The Labute approximate surface area is 225 Å². The summed E-state index contributed by atoms with van der Waals surface area (Å²) in [6.45, 7) is 12.7. The lowest BCUT2D eigenvalue weighted by atomic mass is 10.0. The molecule has 1 aromatic heterocycles. The molecular weight excluding hydrogens is 493 g/mol. The van der Waals surface area contributed by atoms with Crippen LogP contribution in [0.3, 0.4) is 0 Å². The fourth-order valence-electron chi connectivity index (χ4n) is 4.61. The number of hydrogen-bond acceptors (Lipinski definition) is 7. The van der Waals surface area contributed by atoms with E-state index < -0.39 is 5.82 Å². The summed E-state index contributed by atoms with van der Waals surface area (Å²) in [6, 6.07) is 13.8. The fraction of sp³-hybridized carbons (Fsp3) is 0.429. The predicted octanol–water partition coefficient (Wildman–Crippen LogP) is 6.39. The van der Waals surface area contributed by atoms with Crippen LogP contribution in [-0.2, 0) is 4.84 Å². The second kappa shape index (κ2) is 13.6. The molecule has 200 valence electrons. The zero-order chi connectivity index (χ0) is 25.5. The lowest BCUT2D eigenvalue weighted by Crippen LogP contribution is -2.25. The van der Waals surface area contributed by atoms with Crippen LogP contribution >= 0.6 is 12.4 Å². The van der Waals surface area contributed by atoms with E-state index in [1.165, 1.54) is 6.20 Å². The summed E-state index contributed by atoms with van der Waals surface area (Å²) >= 11 is 0. The van der Waals surface area contributed by atoms with E-state index in [0.717, 1.165) is 60.6 Å². The molecule has 37 heavy (non-hydrogen) atoms. The van der Waals surface area contributed by atoms with Crippen LogP contribution in [0, 0.1) is 19.7 Å². The molecule has 7 nitrogen and oxygen atoms in total. The van der Waals surface area contributed by atoms with Gasteiger partial charge < -0.3 is 15.0 Å². The lowest BCUT2D eigenvalue weighted by Gasteiger charge is -2.24. The third-order valence-electron chi connectivity index (χ3n) is 6.50. The van der Waals surface area contributed by atoms with Crippen LogP contribution in [0.2, 0.25) is 0 Å². The van der Waals surface area contributed by atoms with E-state index in [1.807, 2.05) is 56.3 Å². The van der Waals surface area contributed by atoms with E-state index in [1.54, 1.807) is 5.06 Å². The van der Waals surface area contributed by atoms with Crippen molar-refractivity contribution in [1.82, 2.24) is 14.9 Å². The van der Waals surface area contributed by atoms with Gasteiger partial charge in [-0.15, -0.1) is 12.4 Å². The summed E-state index contributed by atoms with van der Waals surface area (Å²) in [4.78, 5) is 16.8. The van der Waals surface area contributed by atoms with Crippen LogP contribution < -0.4 is 15.1 Å². The van der Waals surface area contributed by atoms with Crippen molar-refractivity contribution in [3.63, 3.8) is 0 Å². The number of rotatable bonds is 11. The minimum atomic E-state index is -0.524. The van der Waals surface area contributed by atoms with Crippen molar-refractivity contribution in [2.45, 2.75) is 46.6 Å². The van der Waals surface area contributed by atoms with E-state index in [0.29, 0.717) is 19.2 Å². The van der Waals surface area contributed by atoms with Crippen LogP contribution in [0.4, 0.5) is 21.8 Å². The van der Waals surface area contributed by atoms with Crippen LogP contribution in [0.5, 0.6) is 5.75 Å². The SMILES string of the molecule is CCN(CC)CCCOc1c(C)cc(Nc2ncc(F)c(N3OCC[C@H]3c3ccccc3)n2)cc1C.Cl. The highest BCUT2D eigenvalue weighted by molar-refractivity contribution is 5.85. The summed E-state index contributed by atoms with van der Waals surface area (Å²) in [5.41, 5.74) is 3.92. The van der Waals surface area contributed by atoms with Crippen molar-refractivity contribution < 1.29 is 14.0 Å².